The van der Waals surface area contributed by atoms with Crippen LogP contribution >= 0.6 is 0 Å². The Balaban J connectivity index is 2.62. The number of nitrogens with zero attached hydrogens (tertiary/aromatic N) is 3. The zero-order valence-electron chi connectivity index (χ0n) is 16.0. The first kappa shape index (κ1) is 19.7. The van der Waals surface area contributed by atoms with E-state index < -0.39 is 10.0 Å². The molecular weight excluding hydrogens is 334 g/mol. The van der Waals surface area contributed by atoms with E-state index in [-0.39, 0.29) is 12.1 Å². The van der Waals surface area contributed by atoms with E-state index in [1.807, 2.05) is 65.0 Å². The minimum Gasteiger partial charge on any atom is -0.236 e. The molecule has 25 heavy (non-hydrogen) atoms. The van der Waals surface area contributed by atoms with E-state index in [0.717, 1.165) is 18.5 Å². The Bertz CT molecular complexity index is 803. The topological polar surface area (TPSA) is 55.2 Å². The fraction of sp³-hybridized carbons (Fsp3) is 0.526. The first-order chi connectivity index (χ1) is 11.8. The van der Waals surface area contributed by atoms with Gasteiger partial charge in [0.2, 0.25) is 10.0 Å². The van der Waals surface area contributed by atoms with Crippen molar-refractivity contribution < 1.29 is 8.42 Å². The van der Waals surface area contributed by atoms with Crippen molar-refractivity contribution in [1.29, 1.82) is 0 Å². The van der Waals surface area contributed by atoms with E-state index >= 15 is 0 Å². The number of sulfonamides is 1. The minimum absolute atomic E-state index is 0.0566. The van der Waals surface area contributed by atoms with Gasteiger partial charge in [0, 0.05) is 12.1 Å². The predicted octanol–water partition coefficient (Wildman–Crippen LogP) is 4.08. The summed E-state index contributed by atoms with van der Waals surface area (Å²) in [7, 11) is -3.62. The van der Waals surface area contributed by atoms with Crippen LogP contribution in [0.4, 0.5) is 0 Å². The van der Waals surface area contributed by atoms with Gasteiger partial charge in [0.1, 0.15) is 4.90 Å². The maximum absolute atomic E-state index is 13.5. The van der Waals surface area contributed by atoms with Gasteiger partial charge in [-0.15, -0.1) is 0 Å². The normalized spacial score (nSPS) is 14.7. The summed E-state index contributed by atoms with van der Waals surface area (Å²) in [5.41, 5.74) is 2.06. The van der Waals surface area contributed by atoms with Crippen LogP contribution in [-0.4, -0.2) is 34.6 Å². The second kappa shape index (κ2) is 7.70. The quantitative estimate of drug-likeness (QED) is 0.745. The number of hydrogen-bond donors (Lipinski definition) is 0. The lowest BCUT2D eigenvalue weighted by molar-refractivity contribution is 0.262. The second-order valence-electron chi connectivity index (χ2n) is 6.60. The van der Waals surface area contributed by atoms with Crippen LogP contribution in [0.15, 0.2) is 35.2 Å². The number of hydrogen-bond acceptors (Lipinski definition) is 3. The highest BCUT2D eigenvalue weighted by Crippen LogP contribution is 2.29. The SMILES string of the molecule is CCC(C)N(C(C)CC)S(=O)(=O)c1c(C)nn(-c2ccccc2)c1C. The van der Waals surface area contributed by atoms with Gasteiger partial charge < -0.3 is 0 Å². The molecule has 1 heterocycles. The van der Waals surface area contributed by atoms with Crippen LogP contribution in [0, 0.1) is 13.8 Å². The molecule has 0 amide bonds. The average molecular weight is 364 g/mol. The second-order valence-corrected chi connectivity index (χ2v) is 8.38. The molecule has 0 N–H and O–H groups in total. The third-order valence-corrected chi connectivity index (χ3v) is 7.19. The molecule has 2 atom stereocenters. The van der Waals surface area contributed by atoms with Gasteiger partial charge in [-0.05, 0) is 52.7 Å². The van der Waals surface area contributed by atoms with Crippen molar-refractivity contribution in [3.05, 3.63) is 41.7 Å². The maximum Gasteiger partial charge on any atom is 0.247 e. The van der Waals surface area contributed by atoms with Crippen molar-refractivity contribution in [2.45, 2.75) is 71.4 Å². The van der Waals surface area contributed by atoms with Crippen molar-refractivity contribution in [2.24, 2.45) is 0 Å². The van der Waals surface area contributed by atoms with Crippen LogP contribution in [0.25, 0.3) is 5.69 Å². The zero-order chi connectivity index (χ0) is 18.8. The Labute approximate surface area is 151 Å². The van der Waals surface area contributed by atoms with E-state index in [1.54, 1.807) is 15.9 Å². The first-order valence-corrected chi connectivity index (χ1v) is 10.3. The van der Waals surface area contributed by atoms with Crippen LogP contribution in [0.5, 0.6) is 0 Å². The summed E-state index contributed by atoms with van der Waals surface area (Å²) in [6.45, 7) is 11.6. The van der Waals surface area contributed by atoms with Crippen molar-refractivity contribution in [3.8, 4) is 5.69 Å². The van der Waals surface area contributed by atoms with E-state index in [2.05, 4.69) is 5.10 Å². The number of rotatable bonds is 7. The monoisotopic (exact) mass is 363 g/mol. The molecule has 0 fully saturated rings. The molecule has 1 aromatic carbocycles. The van der Waals surface area contributed by atoms with Crippen LogP contribution in [0.2, 0.25) is 0 Å². The van der Waals surface area contributed by atoms with Gasteiger partial charge in [0.25, 0.3) is 0 Å². The third kappa shape index (κ3) is 3.65. The van der Waals surface area contributed by atoms with Gasteiger partial charge in [0.05, 0.1) is 17.1 Å². The summed E-state index contributed by atoms with van der Waals surface area (Å²) in [5.74, 6) is 0. The molecule has 1 aromatic heterocycles. The van der Waals surface area contributed by atoms with E-state index in [4.69, 9.17) is 0 Å². The van der Waals surface area contributed by atoms with Crippen LogP contribution in [0.1, 0.15) is 51.9 Å². The van der Waals surface area contributed by atoms with Crippen molar-refractivity contribution in [1.82, 2.24) is 14.1 Å². The molecule has 0 saturated carbocycles. The Morgan fingerprint density at radius 1 is 1.04 bits per heavy atom. The Kier molecular flexibility index (Phi) is 6.06. The summed E-state index contributed by atoms with van der Waals surface area (Å²) in [4.78, 5) is 0.331. The largest absolute Gasteiger partial charge is 0.247 e. The van der Waals surface area contributed by atoms with Gasteiger partial charge >= 0.3 is 0 Å². The molecule has 2 aromatic rings. The smallest absolute Gasteiger partial charge is 0.236 e. The number of para-hydroxylation sites is 1. The lowest BCUT2D eigenvalue weighted by Crippen LogP contribution is -2.44. The highest BCUT2D eigenvalue weighted by Gasteiger charge is 2.36. The lowest BCUT2D eigenvalue weighted by Gasteiger charge is -2.32. The van der Waals surface area contributed by atoms with Gasteiger partial charge in [-0.1, -0.05) is 32.0 Å². The lowest BCUT2D eigenvalue weighted by atomic mass is 10.2. The zero-order valence-corrected chi connectivity index (χ0v) is 16.8. The van der Waals surface area contributed by atoms with Gasteiger partial charge in [-0.25, -0.2) is 13.1 Å². The maximum atomic E-state index is 13.5. The van der Waals surface area contributed by atoms with Crippen LogP contribution in [0.3, 0.4) is 0 Å². The third-order valence-electron chi connectivity index (χ3n) is 4.81. The van der Waals surface area contributed by atoms with Crippen LogP contribution < -0.4 is 0 Å². The highest BCUT2D eigenvalue weighted by molar-refractivity contribution is 7.89. The van der Waals surface area contributed by atoms with E-state index in [0.29, 0.717) is 16.3 Å². The van der Waals surface area contributed by atoms with Crippen molar-refractivity contribution >= 4 is 10.0 Å². The number of aryl methyl sites for hydroxylation is 1. The molecule has 0 radical (unpaired) electrons. The highest BCUT2D eigenvalue weighted by atomic mass is 32.2. The molecule has 138 valence electrons. The fourth-order valence-electron chi connectivity index (χ4n) is 3.20. The molecule has 0 aliphatic carbocycles. The Morgan fingerprint density at radius 2 is 1.56 bits per heavy atom. The Hall–Kier alpha value is -1.66. The molecule has 2 unspecified atom stereocenters. The summed E-state index contributed by atoms with van der Waals surface area (Å²) < 4.78 is 30.4. The predicted molar refractivity (Wildman–Crippen MR) is 102 cm³/mol. The molecule has 0 aliphatic heterocycles. The molecule has 0 aliphatic rings. The molecule has 0 bridgehead atoms. The van der Waals surface area contributed by atoms with Crippen molar-refractivity contribution in [3.63, 3.8) is 0 Å². The molecule has 6 heteroatoms. The van der Waals surface area contributed by atoms with Gasteiger partial charge in [-0.2, -0.15) is 9.40 Å². The summed E-state index contributed by atoms with van der Waals surface area (Å²) in [5, 5.41) is 4.51. The summed E-state index contributed by atoms with van der Waals surface area (Å²) in [6.07, 6.45) is 1.54. The molecule has 5 nitrogen and oxygen atoms in total. The molecular formula is C19H29N3O2S. The number of aromatic nitrogens is 2. The summed E-state index contributed by atoms with van der Waals surface area (Å²) >= 11 is 0. The molecule has 0 spiro atoms. The standard InChI is InChI=1S/C19H29N3O2S/c1-7-14(3)22(15(4)8-2)25(23,24)19-16(5)20-21(17(19)6)18-12-10-9-11-13-18/h9-15H,7-8H2,1-6H3. The van der Waals surface area contributed by atoms with Crippen LogP contribution in [-0.2, 0) is 10.0 Å². The van der Waals surface area contributed by atoms with Crippen molar-refractivity contribution in [2.75, 3.05) is 0 Å². The van der Waals surface area contributed by atoms with E-state index in [1.165, 1.54) is 0 Å². The molecule has 0 saturated heterocycles. The fourth-order valence-corrected chi connectivity index (χ4v) is 5.53. The molecule has 2 rings (SSSR count). The number of benzene rings is 1. The Morgan fingerprint density at radius 3 is 2.04 bits per heavy atom. The van der Waals surface area contributed by atoms with E-state index in [9.17, 15) is 8.42 Å². The first-order valence-electron chi connectivity index (χ1n) is 8.90. The summed E-state index contributed by atoms with van der Waals surface area (Å²) in [6, 6.07) is 9.52. The van der Waals surface area contributed by atoms with Gasteiger partial charge in [0.15, 0.2) is 0 Å². The van der Waals surface area contributed by atoms with Gasteiger partial charge in [-0.3, -0.25) is 0 Å². The average Bonchev–Trinajstić information content (AvgIpc) is 2.90. The minimum atomic E-state index is -3.62.